The first kappa shape index (κ1) is 13.8. The third-order valence-corrected chi connectivity index (χ3v) is 3.08. The average molecular weight is 259 g/mol. The van der Waals surface area contributed by atoms with Gasteiger partial charge in [0.15, 0.2) is 0 Å². The highest BCUT2D eigenvalue weighted by Gasteiger charge is 2.08. The van der Waals surface area contributed by atoms with Crippen LogP contribution in [-0.4, -0.2) is 32.9 Å². The Morgan fingerprint density at radius 2 is 1.89 bits per heavy atom. The van der Waals surface area contributed by atoms with Crippen LogP contribution in [0.4, 0.5) is 0 Å². The van der Waals surface area contributed by atoms with Gasteiger partial charge >= 0.3 is 0 Å². The Morgan fingerprint density at radius 3 is 2.53 bits per heavy atom. The van der Waals surface area contributed by atoms with Crippen molar-refractivity contribution in [2.75, 3.05) is 13.2 Å². The highest BCUT2D eigenvalue weighted by molar-refractivity contribution is 5.15. The Morgan fingerprint density at radius 1 is 1.16 bits per heavy atom. The lowest BCUT2D eigenvalue weighted by atomic mass is 10.2. The predicted octanol–water partition coefficient (Wildman–Crippen LogP) is 1.90. The molecular formula is C15H21N3O. The zero-order valence-corrected chi connectivity index (χ0v) is 11.4. The average Bonchev–Trinajstić information content (AvgIpc) is 2.88. The minimum absolute atomic E-state index is 0.175. The Hall–Kier alpha value is -1.65. The third-order valence-electron chi connectivity index (χ3n) is 3.08. The van der Waals surface area contributed by atoms with Gasteiger partial charge in [-0.3, -0.25) is 9.58 Å². The normalized spacial score (nSPS) is 11.1. The van der Waals surface area contributed by atoms with Crippen molar-refractivity contribution in [1.29, 1.82) is 0 Å². The largest absolute Gasteiger partial charge is 0.395 e. The Kier molecular flexibility index (Phi) is 5.12. The van der Waals surface area contributed by atoms with Crippen molar-refractivity contribution >= 4 is 0 Å². The second-order valence-electron chi connectivity index (χ2n) is 4.62. The molecule has 2 rings (SSSR count). The molecule has 0 aliphatic rings. The van der Waals surface area contributed by atoms with E-state index in [0.29, 0.717) is 6.54 Å². The molecule has 0 saturated carbocycles. The minimum atomic E-state index is 0.175. The number of aliphatic hydroxyl groups excluding tert-OH is 1. The van der Waals surface area contributed by atoms with Gasteiger partial charge in [-0.25, -0.2) is 0 Å². The maximum Gasteiger partial charge on any atom is 0.0558 e. The molecule has 0 atom stereocenters. The Bertz CT molecular complexity index is 481. The fourth-order valence-electron chi connectivity index (χ4n) is 2.12. The Balaban J connectivity index is 1.99. The lowest BCUT2D eigenvalue weighted by Crippen LogP contribution is -2.25. The monoisotopic (exact) mass is 259 g/mol. The number of aromatic nitrogens is 2. The van der Waals surface area contributed by atoms with Gasteiger partial charge in [0.1, 0.15) is 0 Å². The summed E-state index contributed by atoms with van der Waals surface area (Å²) in [4.78, 5) is 2.23. The number of benzene rings is 1. The molecule has 0 fully saturated rings. The summed E-state index contributed by atoms with van der Waals surface area (Å²) in [5.41, 5.74) is 2.45. The summed E-state index contributed by atoms with van der Waals surface area (Å²) in [7, 11) is 0. The van der Waals surface area contributed by atoms with E-state index >= 15 is 0 Å². The van der Waals surface area contributed by atoms with Gasteiger partial charge in [-0.1, -0.05) is 30.3 Å². The van der Waals surface area contributed by atoms with Gasteiger partial charge in [0, 0.05) is 37.9 Å². The van der Waals surface area contributed by atoms with Crippen molar-refractivity contribution in [2.45, 2.75) is 26.6 Å². The number of rotatable bonds is 7. The highest BCUT2D eigenvalue weighted by Crippen LogP contribution is 2.09. The van der Waals surface area contributed by atoms with Crippen molar-refractivity contribution in [3.05, 3.63) is 53.9 Å². The molecule has 4 nitrogen and oxygen atoms in total. The first-order valence-electron chi connectivity index (χ1n) is 6.70. The molecule has 1 heterocycles. The van der Waals surface area contributed by atoms with Crippen molar-refractivity contribution in [3.63, 3.8) is 0 Å². The van der Waals surface area contributed by atoms with E-state index in [9.17, 15) is 5.11 Å². The van der Waals surface area contributed by atoms with Gasteiger partial charge in [-0.05, 0) is 12.5 Å². The van der Waals surface area contributed by atoms with E-state index in [1.165, 1.54) is 11.1 Å². The molecule has 0 aliphatic heterocycles. The number of aryl methyl sites for hydroxylation is 1. The molecule has 2 aromatic rings. The molecule has 102 valence electrons. The fourth-order valence-corrected chi connectivity index (χ4v) is 2.12. The van der Waals surface area contributed by atoms with Crippen LogP contribution in [0.1, 0.15) is 18.1 Å². The first-order chi connectivity index (χ1) is 9.31. The molecular weight excluding hydrogens is 238 g/mol. The first-order valence-corrected chi connectivity index (χ1v) is 6.70. The summed E-state index contributed by atoms with van der Waals surface area (Å²) in [6.45, 7) is 5.47. The van der Waals surface area contributed by atoms with E-state index < -0.39 is 0 Å². The zero-order chi connectivity index (χ0) is 13.5. The highest BCUT2D eigenvalue weighted by atomic mass is 16.3. The molecule has 0 bridgehead atoms. The molecule has 1 aromatic carbocycles. The van der Waals surface area contributed by atoms with Crippen molar-refractivity contribution in [3.8, 4) is 0 Å². The van der Waals surface area contributed by atoms with E-state index in [2.05, 4.69) is 35.3 Å². The van der Waals surface area contributed by atoms with Crippen LogP contribution >= 0.6 is 0 Å². The maximum absolute atomic E-state index is 9.18. The summed E-state index contributed by atoms with van der Waals surface area (Å²) in [6, 6.07) is 10.3. The smallest absolute Gasteiger partial charge is 0.0558 e. The summed E-state index contributed by atoms with van der Waals surface area (Å²) in [6.07, 6.45) is 3.97. The summed E-state index contributed by atoms with van der Waals surface area (Å²) in [5, 5.41) is 13.5. The quantitative estimate of drug-likeness (QED) is 0.825. The van der Waals surface area contributed by atoms with Crippen LogP contribution in [-0.2, 0) is 19.6 Å². The summed E-state index contributed by atoms with van der Waals surface area (Å²) in [5.74, 6) is 0. The zero-order valence-electron chi connectivity index (χ0n) is 11.4. The molecule has 1 N–H and O–H groups in total. The number of nitrogens with zero attached hydrogens (tertiary/aromatic N) is 3. The molecule has 0 saturated heterocycles. The fraction of sp³-hybridized carbons (Fsp3) is 0.400. The van der Waals surface area contributed by atoms with Crippen molar-refractivity contribution < 1.29 is 5.11 Å². The van der Waals surface area contributed by atoms with Gasteiger partial charge in [0.05, 0.1) is 12.8 Å². The lowest BCUT2D eigenvalue weighted by molar-refractivity contribution is 0.184. The standard InChI is InChI=1S/C15H21N3O/c1-2-18-13-15(10-16-18)12-17(8-9-19)11-14-6-4-3-5-7-14/h3-7,10,13,19H,2,8-9,11-12H2,1H3. The SMILES string of the molecule is CCn1cc(CN(CCO)Cc2ccccc2)cn1. The topological polar surface area (TPSA) is 41.3 Å². The maximum atomic E-state index is 9.18. The van der Waals surface area contributed by atoms with Gasteiger partial charge in [-0.15, -0.1) is 0 Å². The molecule has 0 radical (unpaired) electrons. The van der Waals surface area contributed by atoms with E-state index in [-0.39, 0.29) is 6.61 Å². The van der Waals surface area contributed by atoms with Crippen LogP contribution in [0.25, 0.3) is 0 Å². The van der Waals surface area contributed by atoms with Gasteiger partial charge in [0.25, 0.3) is 0 Å². The second kappa shape index (κ2) is 7.07. The van der Waals surface area contributed by atoms with Crippen LogP contribution in [0, 0.1) is 0 Å². The number of hydrogen-bond acceptors (Lipinski definition) is 3. The minimum Gasteiger partial charge on any atom is -0.395 e. The van der Waals surface area contributed by atoms with Gasteiger partial charge in [0.2, 0.25) is 0 Å². The molecule has 19 heavy (non-hydrogen) atoms. The van der Waals surface area contributed by atoms with Crippen molar-refractivity contribution in [1.82, 2.24) is 14.7 Å². The van der Waals surface area contributed by atoms with Crippen LogP contribution in [0.3, 0.4) is 0 Å². The van der Waals surface area contributed by atoms with E-state index in [1.807, 2.05) is 29.1 Å². The van der Waals surface area contributed by atoms with Crippen LogP contribution in [0.5, 0.6) is 0 Å². The number of aliphatic hydroxyl groups is 1. The van der Waals surface area contributed by atoms with E-state index in [0.717, 1.165) is 19.6 Å². The van der Waals surface area contributed by atoms with Crippen LogP contribution in [0.2, 0.25) is 0 Å². The molecule has 0 unspecified atom stereocenters. The molecule has 4 heteroatoms. The van der Waals surface area contributed by atoms with E-state index in [4.69, 9.17) is 0 Å². The van der Waals surface area contributed by atoms with Gasteiger partial charge < -0.3 is 5.11 Å². The van der Waals surface area contributed by atoms with Crippen LogP contribution in [0.15, 0.2) is 42.7 Å². The van der Waals surface area contributed by atoms with Crippen LogP contribution < -0.4 is 0 Å². The molecule has 1 aromatic heterocycles. The molecule has 0 aliphatic carbocycles. The Labute approximate surface area is 114 Å². The lowest BCUT2D eigenvalue weighted by Gasteiger charge is -2.20. The summed E-state index contributed by atoms with van der Waals surface area (Å²) < 4.78 is 1.93. The molecule has 0 spiro atoms. The van der Waals surface area contributed by atoms with Gasteiger partial charge in [-0.2, -0.15) is 5.10 Å². The number of hydrogen-bond donors (Lipinski definition) is 1. The van der Waals surface area contributed by atoms with E-state index in [1.54, 1.807) is 0 Å². The summed E-state index contributed by atoms with van der Waals surface area (Å²) >= 11 is 0. The predicted molar refractivity (Wildman–Crippen MR) is 75.5 cm³/mol. The van der Waals surface area contributed by atoms with Crippen molar-refractivity contribution in [2.24, 2.45) is 0 Å². The second-order valence-corrected chi connectivity index (χ2v) is 4.62. The third kappa shape index (κ3) is 4.19. The molecule has 0 amide bonds.